The lowest BCUT2D eigenvalue weighted by Gasteiger charge is -2.07. The number of hydrogen-bond acceptors (Lipinski definition) is 4. The summed E-state index contributed by atoms with van der Waals surface area (Å²) in [5.41, 5.74) is 2.99. The molecule has 0 saturated carbocycles. The summed E-state index contributed by atoms with van der Waals surface area (Å²) in [5, 5.41) is 7.07. The Morgan fingerprint density at radius 3 is 2.82 bits per heavy atom. The van der Waals surface area contributed by atoms with Gasteiger partial charge in [-0.3, -0.25) is 14.5 Å². The molecule has 1 amide bonds. The molecule has 0 saturated heterocycles. The van der Waals surface area contributed by atoms with Crippen LogP contribution >= 0.6 is 11.8 Å². The summed E-state index contributed by atoms with van der Waals surface area (Å²) in [6.45, 7) is 6.16. The summed E-state index contributed by atoms with van der Waals surface area (Å²) in [6, 6.07) is 7.92. The van der Waals surface area contributed by atoms with Gasteiger partial charge in [-0.1, -0.05) is 19.9 Å². The number of amides is 1. The molecule has 22 heavy (non-hydrogen) atoms. The van der Waals surface area contributed by atoms with Crippen LogP contribution in [0.5, 0.6) is 0 Å². The van der Waals surface area contributed by atoms with Gasteiger partial charge in [0.15, 0.2) is 0 Å². The molecule has 0 unspecified atom stereocenters. The lowest BCUT2D eigenvalue weighted by molar-refractivity contribution is -0.113. The number of aryl methyl sites for hydroxylation is 2. The summed E-state index contributed by atoms with van der Waals surface area (Å²) < 4.78 is 1.67. The predicted molar refractivity (Wildman–Crippen MR) is 91.1 cm³/mol. The van der Waals surface area contributed by atoms with Crippen LogP contribution in [0.2, 0.25) is 0 Å². The van der Waals surface area contributed by atoms with Crippen molar-refractivity contribution in [1.29, 1.82) is 0 Å². The Kier molecular flexibility index (Phi) is 5.60. The second-order valence-electron chi connectivity index (χ2n) is 5.54. The van der Waals surface area contributed by atoms with Crippen LogP contribution in [0.3, 0.4) is 0 Å². The molecule has 6 heteroatoms. The molecule has 2 aromatic heterocycles. The largest absolute Gasteiger partial charge is 0.310 e. The molecular weight excluding hydrogens is 296 g/mol. The average molecular weight is 318 g/mol. The number of aromatic nitrogens is 3. The van der Waals surface area contributed by atoms with Crippen molar-refractivity contribution in [2.24, 2.45) is 7.05 Å². The number of nitrogens with zero attached hydrogens (tertiary/aromatic N) is 3. The SMILES string of the molecule is Cc1cc(NC(=O)CSCc2cccc(C(C)C)n2)n(C)n1. The van der Waals surface area contributed by atoms with Crippen molar-refractivity contribution in [2.45, 2.75) is 32.4 Å². The standard InChI is InChI=1S/C16H22N4OS/c1-11(2)14-7-5-6-13(17-14)9-22-10-16(21)18-15-8-12(3)19-20(15)4/h5-8,11H,9-10H2,1-4H3,(H,18,21). The maximum absolute atomic E-state index is 11.9. The molecule has 0 radical (unpaired) electrons. The van der Waals surface area contributed by atoms with E-state index in [1.165, 1.54) is 0 Å². The van der Waals surface area contributed by atoms with E-state index < -0.39 is 0 Å². The van der Waals surface area contributed by atoms with Crippen LogP contribution in [0, 0.1) is 6.92 Å². The monoisotopic (exact) mass is 318 g/mol. The third-order valence-electron chi connectivity index (χ3n) is 3.17. The van der Waals surface area contributed by atoms with E-state index in [9.17, 15) is 4.79 Å². The zero-order chi connectivity index (χ0) is 16.1. The molecule has 0 aliphatic rings. The summed E-state index contributed by atoms with van der Waals surface area (Å²) in [5.74, 6) is 2.26. The summed E-state index contributed by atoms with van der Waals surface area (Å²) in [6.07, 6.45) is 0. The normalized spacial score (nSPS) is 11.0. The number of rotatable bonds is 6. The number of hydrogen-bond donors (Lipinski definition) is 1. The van der Waals surface area contributed by atoms with Crippen molar-refractivity contribution >= 4 is 23.5 Å². The molecule has 1 N–H and O–H groups in total. The maximum atomic E-state index is 11.9. The minimum Gasteiger partial charge on any atom is -0.310 e. The molecule has 118 valence electrons. The fourth-order valence-electron chi connectivity index (χ4n) is 2.05. The van der Waals surface area contributed by atoms with E-state index in [0.717, 1.165) is 28.7 Å². The summed E-state index contributed by atoms with van der Waals surface area (Å²) in [4.78, 5) is 16.5. The molecule has 0 bridgehead atoms. The van der Waals surface area contributed by atoms with E-state index in [1.807, 2.05) is 38.2 Å². The van der Waals surface area contributed by atoms with E-state index in [-0.39, 0.29) is 5.91 Å². The first kappa shape index (κ1) is 16.5. The molecule has 0 aliphatic heterocycles. The van der Waals surface area contributed by atoms with Crippen molar-refractivity contribution < 1.29 is 4.79 Å². The van der Waals surface area contributed by atoms with Crippen LogP contribution in [0.4, 0.5) is 5.82 Å². The van der Waals surface area contributed by atoms with Gasteiger partial charge in [0.2, 0.25) is 5.91 Å². The van der Waals surface area contributed by atoms with E-state index in [4.69, 9.17) is 0 Å². The Labute approximate surface area is 135 Å². The first-order chi connectivity index (χ1) is 10.5. The summed E-state index contributed by atoms with van der Waals surface area (Å²) in [7, 11) is 1.82. The van der Waals surface area contributed by atoms with Crippen LogP contribution in [0.25, 0.3) is 0 Å². The highest BCUT2D eigenvalue weighted by Crippen LogP contribution is 2.16. The van der Waals surface area contributed by atoms with Crippen molar-refractivity contribution in [3.63, 3.8) is 0 Å². The second kappa shape index (κ2) is 7.45. The van der Waals surface area contributed by atoms with Gasteiger partial charge in [0, 0.05) is 24.6 Å². The van der Waals surface area contributed by atoms with E-state index in [1.54, 1.807) is 16.4 Å². The first-order valence-electron chi connectivity index (χ1n) is 7.29. The quantitative estimate of drug-likeness (QED) is 0.889. The molecule has 0 atom stereocenters. The van der Waals surface area contributed by atoms with Gasteiger partial charge in [0.05, 0.1) is 17.1 Å². The average Bonchev–Trinajstić information content (AvgIpc) is 2.77. The molecule has 0 aliphatic carbocycles. The lowest BCUT2D eigenvalue weighted by Crippen LogP contribution is -2.16. The molecule has 0 fully saturated rings. The van der Waals surface area contributed by atoms with Crippen LogP contribution in [-0.2, 0) is 17.6 Å². The second-order valence-corrected chi connectivity index (χ2v) is 6.53. The smallest absolute Gasteiger partial charge is 0.235 e. The third kappa shape index (κ3) is 4.59. The molecule has 0 aromatic carbocycles. The topological polar surface area (TPSA) is 59.8 Å². The van der Waals surface area contributed by atoms with Crippen molar-refractivity contribution in [2.75, 3.05) is 11.1 Å². The highest BCUT2D eigenvalue weighted by molar-refractivity contribution is 7.99. The Bertz CT molecular complexity index is 651. The maximum Gasteiger partial charge on any atom is 0.235 e. The minimum absolute atomic E-state index is 0.0204. The minimum atomic E-state index is -0.0204. The fraction of sp³-hybridized carbons (Fsp3) is 0.438. The highest BCUT2D eigenvalue weighted by Gasteiger charge is 2.08. The number of carbonyl (C=O) groups is 1. The zero-order valence-corrected chi connectivity index (χ0v) is 14.3. The first-order valence-corrected chi connectivity index (χ1v) is 8.45. The zero-order valence-electron chi connectivity index (χ0n) is 13.5. The van der Waals surface area contributed by atoms with Gasteiger partial charge < -0.3 is 5.32 Å². The number of pyridine rings is 1. The molecule has 0 spiro atoms. The van der Waals surface area contributed by atoms with Gasteiger partial charge in [-0.2, -0.15) is 5.10 Å². The van der Waals surface area contributed by atoms with E-state index >= 15 is 0 Å². The predicted octanol–water partition coefficient (Wildman–Crippen LogP) is 3.12. The molecule has 5 nitrogen and oxygen atoms in total. The van der Waals surface area contributed by atoms with Crippen LogP contribution < -0.4 is 5.32 Å². The van der Waals surface area contributed by atoms with Crippen LogP contribution in [0.1, 0.15) is 36.8 Å². The fourth-order valence-corrected chi connectivity index (χ4v) is 2.78. The van der Waals surface area contributed by atoms with Gasteiger partial charge in [-0.25, -0.2) is 0 Å². The third-order valence-corrected chi connectivity index (χ3v) is 4.14. The molecule has 2 heterocycles. The Morgan fingerprint density at radius 2 is 2.18 bits per heavy atom. The van der Waals surface area contributed by atoms with Gasteiger partial charge >= 0.3 is 0 Å². The van der Waals surface area contributed by atoms with Gasteiger partial charge in [0.25, 0.3) is 0 Å². The number of nitrogens with one attached hydrogen (secondary N) is 1. The van der Waals surface area contributed by atoms with Crippen molar-refractivity contribution in [3.05, 3.63) is 41.3 Å². The molecule has 2 rings (SSSR count). The van der Waals surface area contributed by atoms with E-state index in [2.05, 4.69) is 29.2 Å². The number of anilines is 1. The van der Waals surface area contributed by atoms with Crippen LogP contribution in [-0.4, -0.2) is 26.4 Å². The van der Waals surface area contributed by atoms with Gasteiger partial charge in [-0.15, -0.1) is 11.8 Å². The lowest BCUT2D eigenvalue weighted by atomic mass is 10.1. The van der Waals surface area contributed by atoms with Crippen molar-refractivity contribution in [1.82, 2.24) is 14.8 Å². The molecule has 2 aromatic rings. The Morgan fingerprint density at radius 1 is 1.41 bits per heavy atom. The highest BCUT2D eigenvalue weighted by atomic mass is 32.2. The Balaban J connectivity index is 1.82. The number of carbonyl (C=O) groups excluding carboxylic acids is 1. The number of thioether (sulfide) groups is 1. The Hall–Kier alpha value is -1.82. The van der Waals surface area contributed by atoms with Gasteiger partial charge in [-0.05, 0) is 25.0 Å². The van der Waals surface area contributed by atoms with Crippen molar-refractivity contribution in [3.8, 4) is 0 Å². The van der Waals surface area contributed by atoms with E-state index in [0.29, 0.717) is 11.7 Å². The molecular formula is C16H22N4OS. The summed E-state index contributed by atoms with van der Waals surface area (Å²) >= 11 is 1.56. The van der Waals surface area contributed by atoms with Gasteiger partial charge in [0.1, 0.15) is 5.82 Å². The van der Waals surface area contributed by atoms with Crippen LogP contribution in [0.15, 0.2) is 24.3 Å².